The Morgan fingerprint density at radius 3 is 2.67 bits per heavy atom. The number of benzene rings is 1. The molecule has 0 aromatic heterocycles. The van der Waals surface area contributed by atoms with Crippen molar-refractivity contribution < 1.29 is 20.1 Å². The van der Waals surface area contributed by atoms with Gasteiger partial charge in [0.2, 0.25) is 0 Å². The summed E-state index contributed by atoms with van der Waals surface area (Å²) < 4.78 is 0. The number of anilines is 1. The second-order valence-corrected chi connectivity index (χ2v) is 4.16. The first kappa shape index (κ1) is 14.4. The molecule has 0 bridgehead atoms. The smallest absolute Gasteiger partial charge is 0.306 e. The number of carboxylic acids is 1. The topological polar surface area (TPSA) is 116 Å². The summed E-state index contributed by atoms with van der Waals surface area (Å²) in [5.74, 6) is -1.18. The summed E-state index contributed by atoms with van der Waals surface area (Å²) in [6.45, 7) is 0. The molecule has 1 aromatic carbocycles. The van der Waals surface area contributed by atoms with Crippen LogP contribution in [0.3, 0.4) is 0 Å². The molecule has 0 amide bonds. The van der Waals surface area contributed by atoms with E-state index in [0.717, 1.165) is 0 Å². The van der Waals surface area contributed by atoms with Crippen molar-refractivity contribution in [2.75, 3.05) is 5.32 Å². The standard InChI is InChI=1S/C11H14N2O4S/c12-11(18)13-7-3-1-2-6(4-7)10(17)8(14)5-9(15)16/h1-4,8,10,14,17H,5H2,(H,15,16)(H3,12,13,18). The zero-order chi connectivity index (χ0) is 13.7. The highest BCUT2D eigenvalue weighted by Crippen LogP contribution is 2.22. The van der Waals surface area contributed by atoms with Crippen LogP contribution in [0.25, 0.3) is 0 Å². The number of aliphatic hydroxyl groups is 2. The fraction of sp³-hybridized carbons (Fsp3) is 0.273. The Balaban J connectivity index is 2.82. The van der Waals surface area contributed by atoms with E-state index >= 15 is 0 Å². The molecule has 0 heterocycles. The summed E-state index contributed by atoms with van der Waals surface area (Å²) in [6, 6.07) is 6.42. The molecule has 0 aliphatic heterocycles. The molecule has 6 nitrogen and oxygen atoms in total. The van der Waals surface area contributed by atoms with Crippen molar-refractivity contribution in [2.45, 2.75) is 18.6 Å². The van der Waals surface area contributed by atoms with Gasteiger partial charge in [0.25, 0.3) is 0 Å². The van der Waals surface area contributed by atoms with Gasteiger partial charge in [-0.1, -0.05) is 12.1 Å². The van der Waals surface area contributed by atoms with Gasteiger partial charge in [0.15, 0.2) is 5.11 Å². The number of nitrogens with one attached hydrogen (secondary N) is 1. The van der Waals surface area contributed by atoms with E-state index in [1.54, 1.807) is 18.2 Å². The Kier molecular flexibility index (Phi) is 5.02. The molecule has 0 aliphatic rings. The van der Waals surface area contributed by atoms with E-state index in [4.69, 9.17) is 10.8 Å². The lowest BCUT2D eigenvalue weighted by Gasteiger charge is -2.17. The number of aliphatic hydroxyl groups excluding tert-OH is 2. The van der Waals surface area contributed by atoms with E-state index in [1.165, 1.54) is 6.07 Å². The predicted molar refractivity (Wildman–Crippen MR) is 70.1 cm³/mol. The second kappa shape index (κ2) is 6.29. The summed E-state index contributed by atoms with van der Waals surface area (Å²) in [4.78, 5) is 10.4. The molecule has 0 spiro atoms. The van der Waals surface area contributed by atoms with Crippen LogP contribution in [0.15, 0.2) is 24.3 Å². The molecule has 0 saturated carbocycles. The maximum atomic E-state index is 10.4. The van der Waals surface area contributed by atoms with Gasteiger partial charge in [0, 0.05) is 5.69 Å². The van der Waals surface area contributed by atoms with Crippen molar-refractivity contribution in [3.05, 3.63) is 29.8 Å². The van der Waals surface area contributed by atoms with E-state index in [-0.39, 0.29) is 5.11 Å². The first-order valence-corrected chi connectivity index (χ1v) is 5.55. The van der Waals surface area contributed by atoms with Crippen LogP contribution in [-0.4, -0.2) is 32.5 Å². The normalized spacial score (nSPS) is 13.7. The molecule has 2 atom stereocenters. The van der Waals surface area contributed by atoms with Gasteiger partial charge in [-0.2, -0.15) is 0 Å². The molecule has 6 N–H and O–H groups in total. The third-order valence-corrected chi connectivity index (χ3v) is 2.35. The van der Waals surface area contributed by atoms with Crippen LogP contribution in [0.1, 0.15) is 18.1 Å². The zero-order valence-corrected chi connectivity index (χ0v) is 10.2. The molecule has 0 fully saturated rings. The third kappa shape index (κ3) is 4.28. The number of nitrogens with two attached hydrogens (primary N) is 1. The van der Waals surface area contributed by atoms with Crippen molar-refractivity contribution >= 4 is 29.0 Å². The van der Waals surface area contributed by atoms with Gasteiger partial charge in [-0.15, -0.1) is 0 Å². The maximum Gasteiger partial charge on any atom is 0.306 e. The lowest BCUT2D eigenvalue weighted by Crippen LogP contribution is -2.22. The molecule has 1 aromatic rings. The summed E-state index contributed by atoms with van der Waals surface area (Å²) in [5.41, 5.74) is 6.24. The number of hydrogen-bond acceptors (Lipinski definition) is 4. The third-order valence-electron chi connectivity index (χ3n) is 2.24. The Hall–Kier alpha value is -1.70. The average Bonchev–Trinajstić information content (AvgIpc) is 2.26. The summed E-state index contributed by atoms with van der Waals surface area (Å²) in [6.07, 6.45) is -3.19. The monoisotopic (exact) mass is 270 g/mol. The van der Waals surface area contributed by atoms with Gasteiger partial charge in [-0.3, -0.25) is 4.79 Å². The number of rotatable bonds is 5. The Labute approximate surface area is 109 Å². The van der Waals surface area contributed by atoms with E-state index in [2.05, 4.69) is 17.5 Å². The summed E-state index contributed by atoms with van der Waals surface area (Å²) in [5, 5.41) is 30.6. The fourth-order valence-electron chi connectivity index (χ4n) is 1.46. The SMILES string of the molecule is NC(=S)Nc1cccc(C(O)C(O)CC(=O)O)c1. The maximum absolute atomic E-state index is 10.4. The molecule has 1 rings (SSSR count). The highest BCUT2D eigenvalue weighted by atomic mass is 32.1. The summed E-state index contributed by atoms with van der Waals surface area (Å²) >= 11 is 4.67. The number of carboxylic acid groups (broad SMARTS) is 1. The van der Waals surface area contributed by atoms with Gasteiger partial charge in [0.05, 0.1) is 12.5 Å². The molecular weight excluding hydrogens is 256 g/mol. The second-order valence-electron chi connectivity index (χ2n) is 3.72. The van der Waals surface area contributed by atoms with E-state index < -0.39 is 24.6 Å². The van der Waals surface area contributed by atoms with Crippen molar-refractivity contribution in [3.63, 3.8) is 0 Å². The van der Waals surface area contributed by atoms with Crippen molar-refractivity contribution in [1.82, 2.24) is 0 Å². The van der Waals surface area contributed by atoms with Crippen LogP contribution < -0.4 is 11.1 Å². The van der Waals surface area contributed by atoms with Gasteiger partial charge >= 0.3 is 5.97 Å². The van der Waals surface area contributed by atoms with E-state index in [1.807, 2.05) is 0 Å². The van der Waals surface area contributed by atoms with Gasteiger partial charge in [0.1, 0.15) is 6.10 Å². The fourth-order valence-corrected chi connectivity index (χ4v) is 1.57. The molecule has 0 radical (unpaired) electrons. The van der Waals surface area contributed by atoms with Crippen molar-refractivity contribution in [3.8, 4) is 0 Å². The Morgan fingerprint density at radius 2 is 2.11 bits per heavy atom. The largest absolute Gasteiger partial charge is 0.481 e. The minimum Gasteiger partial charge on any atom is -0.481 e. The van der Waals surface area contributed by atoms with Crippen molar-refractivity contribution in [1.29, 1.82) is 0 Å². The van der Waals surface area contributed by atoms with E-state index in [9.17, 15) is 15.0 Å². The van der Waals surface area contributed by atoms with Gasteiger partial charge < -0.3 is 26.4 Å². The molecular formula is C11H14N2O4S. The van der Waals surface area contributed by atoms with Crippen LogP contribution >= 0.6 is 12.2 Å². The number of aliphatic carboxylic acids is 1. The Morgan fingerprint density at radius 1 is 1.44 bits per heavy atom. The van der Waals surface area contributed by atoms with Crippen LogP contribution in [0.4, 0.5) is 5.69 Å². The van der Waals surface area contributed by atoms with Crippen LogP contribution in [0.5, 0.6) is 0 Å². The van der Waals surface area contributed by atoms with Crippen LogP contribution in [-0.2, 0) is 4.79 Å². The molecule has 18 heavy (non-hydrogen) atoms. The van der Waals surface area contributed by atoms with Gasteiger partial charge in [-0.25, -0.2) is 0 Å². The number of thiocarbonyl (C=S) groups is 1. The highest BCUT2D eigenvalue weighted by Gasteiger charge is 2.21. The zero-order valence-electron chi connectivity index (χ0n) is 9.41. The molecule has 0 saturated heterocycles. The average molecular weight is 270 g/mol. The molecule has 7 heteroatoms. The Bertz CT molecular complexity index is 452. The minimum atomic E-state index is -1.37. The van der Waals surface area contributed by atoms with Crippen LogP contribution in [0, 0.1) is 0 Å². The lowest BCUT2D eigenvalue weighted by molar-refractivity contribution is -0.141. The molecule has 2 unspecified atom stereocenters. The van der Waals surface area contributed by atoms with Gasteiger partial charge in [-0.05, 0) is 29.9 Å². The van der Waals surface area contributed by atoms with E-state index in [0.29, 0.717) is 11.3 Å². The number of carbonyl (C=O) groups is 1. The first-order valence-electron chi connectivity index (χ1n) is 5.14. The number of hydrogen-bond donors (Lipinski definition) is 5. The highest BCUT2D eigenvalue weighted by molar-refractivity contribution is 7.80. The van der Waals surface area contributed by atoms with Crippen molar-refractivity contribution in [2.24, 2.45) is 5.73 Å². The quantitative estimate of drug-likeness (QED) is 0.486. The predicted octanol–water partition coefficient (Wildman–Crippen LogP) is 0.211. The summed E-state index contributed by atoms with van der Waals surface area (Å²) in [7, 11) is 0. The first-order chi connectivity index (χ1) is 8.40. The minimum absolute atomic E-state index is 0.0766. The van der Waals surface area contributed by atoms with Crippen LogP contribution in [0.2, 0.25) is 0 Å². The molecule has 0 aliphatic carbocycles. The molecule has 98 valence electrons. The lowest BCUT2D eigenvalue weighted by atomic mass is 10.0.